The Balaban J connectivity index is 2.42. The zero-order valence-corrected chi connectivity index (χ0v) is 11.3. The maximum atomic E-state index is 5.89. The van der Waals surface area contributed by atoms with Crippen LogP contribution in [0.4, 0.5) is 0 Å². The van der Waals surface area contributed by atoms with Crippen LogP contribution in [0.5, 0.6) is 0 Å². The van der Waals surface area contributed by atoms with Crippen LogP contribution < -0.4 is 5.73 Å². The van der Waals surface area contributed by atoms with E-state index in [0.29, 0.717) is 6.54 Å². The number of rotatable bonds is 4. The maximum absolute atomic E-state index is 5.89. The van der Waals surface area contributed by atoms with Gasteiger partial charge < -0.3 is 5.73 Å². The second-order valence-corrected chi connectivity index (χ2v) is 5.38. The first-order valence-electron chi connectivity index (χ1n) is 5.69. The van der Waals surface area contributed by atoms with Gasteiger partial charge in [0.15, 0.2) is 0 Å². The summed E-state index contributed by atoms with van der Waals surface area (Å²) in [5.74, 6) is 0. The molecular weight excluding hydrogens is 252 g/mol. The third-order valence-electron chi connectivity index (χ3n) is 2.53. The molecule has 0 aliphatic rings. The van der Waals surface area contributed by atoms with Gasteiger partial charge in [-0.15, -0.1) is 11.3 Å². The summed E-state index contributed by atoms with van der Waals surface area (Å²) in [6.07, 6.45) is 1.85. The molecule has 0 saturated carbocycles. The van der Waals surface area contributed by atoms with E-state index in [2.05, 4.69) is 11.9 Å². The first-order chi connectivity index (χ1) is 8.24. The van der Waals surface area contributed by atoms with Crippen LogP contribution in [0, 0.1) is 0 Å². The third-order valence-corrected chi connectivity index (χ3v) is 4.04. The van der Waals surface area contributed by atoms with Gasteiger partial charge in [-0.05, 0) is 31.5 Å². The van der Waals surface area contributed by atoms with Gasteiger partial charge in [-0.2, -0.15) is 0 Å². The molecule has 0 radical (unpaired) electrons. The zero-order valence-electron chi connectivity index (χ0n) is 9.74. The lowest BCUT2D eigenvalue weighted by Crippen LogP contribution is -2.02. The van der Waals surface area contributed by atoms with E-state index in [1.165, 1.54) is 9.88 Å². The Labute approximate surface area is 110 Å². The van der Waals surface area contributed by atoms with Crippen molar-refractivity contribution in [1.82, 2.24) is 4.98 Å². The van der Waals surface area contributed by atoms with Crippen molar-refractivity contribution in [2.45, 2.75) is 19.8 Å². The van der Waals surface area contributed by atoms with Crippen molar-refractivity contribution in [2.75, 3.05) is 6.54 Å². The minimum atomic E-state index is 0.659. The number of aromatic nitrogens is 1. The van der Waals surface area contributed by atoms with Crippen LogP contribution in [0.1, 0.15) is 16.8 Å². The van der Waals surface area contributed by atoms with Crippen LogP contribution in [0.15, 0.2) is 24.3 Å². The Morgan fingerprint density at radius 1 is 1.29 bits per heavy atom. The fourth-order valence-electron chi connectivity index (χ4n) is 1.69. The number of thiazole rings is 1. The lowest BCUT2D eigenvalue weighted by molar-refractivity contribution is 0.985. The molecule has 0 aliphatic carbocycles. The quantitative estimate of drug-likeness (QED) is 0.920. The molecule has 1 aromatic heterocycles. The SMILES string of the molecule is CCc1nc(-c2ccc(Cl)cc2)c(CCN)s1. The van der Waals surface area contributed by atoms with Crippen molar-refractivity contribution in [3.63, 3.8) is 0 Å². The largest absolute Gasteiger partial charge is 0.330 e. The zero-order chi connectivity index (χ0) is 12.3. The minimum Gasteiger partial charge on any atom is -0.330 e. The summed E-state index contributed by atoms with van der Waals surface area (Å²) in [6, 6.07) is 7.82. The van der Waals surface area contributed by atoms with Gasteiger partial charge in [0.2, 0.25) is 0 Å². The van der Waals surface area contributed by atoms with Crippen molar-refractivity contribution in [3.05, 3.63) is 39.2 Å². The van der Waals surface area contributed by atoms with Gasteiger partial charge in [-0.3, -0.25) is 0 Å². The smallest absolute Gasteiger partial charge is 0.0932 e. The Morgan fingerprint density at radius 3 is 2.59 bits per heavy atom. The van der Waals surface area contributed by atoms with E-state index in [1.807, 2.05) is 24.3 Å². The molecule has 1 aromatic carbocycles. The maximum Gasteiger partial charge on any atom is 0.0932 e. The molecule has 0 fully saturated rings. The molecule has 0 atom stereocenters. The fourth-order valence-corrected chi connectivity index (χ4v) is 2.86. The van der Waals surface area contributed by atoms with Crippen LogP contribution in [0.3, 0.4) is 0 Å². The molecule has 2 nitrogen and oxygen atoms in total. The lowest BCUT2D eigenvalue weighted by atomic mass is 10.1. The fraction of sp³-hybridized carbons (Fsp3) is 0.308. The number of nitrogens with two attached hydrogens (primary N) is 1. The molecule has 2 aromatic rings. The van der Waals surface area contributed by atoms with Crippen molar-refractivity contribution >= 4 is 22.9 Å². The summed E-state index contributed by atoms with van der Waals surface area (Å²) in [5.41, 5.74) is 7.82. The van der Waals surface area contributed by atoms with Crippen LogP contribution in [-0.2, 0) is 12.8 Å². The summed E-state index contributed by atoms with van der Waals surface area (Å²) in [4.78, 5) is 5.94. The molecular formula is C13H15ClN2S. The molecule has 2 rings (SSSR count). The van der Waals surface area contributed by atoms with E-state index in [0.717, 1.165) is 29.1 Å². The second kappa shape index (κ2) is 5.63. The molecule has 0 saturated heterocycles. The highest BCUT2D eigenvalue weighted by atomic mass is 35.5. The van der Waals surface area contributed by atoms with Crippen molar-refractivity contribution < 1.29 is 0 Å². The highest BCUT2D eigenvalue weighted by Gasteiger charge is 2.11. The topological polar surface area (TPSA) is 38.9 Å². The summed E-state index contributed by atoms with van der Waals surface area (Å²) in [5, 5.41) is 1.92. The van der Waals surface area contributed by atoms with Gasteiger partial charge >= 0.3 is 0 Å². The van der Waals surface area contributed by atoms with E-state index >= 15 is 0 Å². The molecule has 4 heteroatoms. The van der Waals surface area contributed by atoms with Gasteiger partial charge in [0.25, 0.3) is 0 Å². The predicted molar refractivity (Wildman–Crippen MR) is 74.7 cm³/mol. The average molecular weight is 267 g/mol. The van der Waals surface area contributed by atoms with Gasteiger partial charge in [-0.1, -0.05) is 30.7 Å². The highest BCUT2D eigenvalue weighted by molar-refractivity contribution is 7.12. The van der Waals surface area contributed by atoms with Gasteiger partial charge in [0.1, 0.15) is 0 Å². The lowest BCUT2D eigenvalue weighted by Gasteiger charge is -2.01. The first-order valence-corrected chi connectivity index (χ1v) is 6.88. The number of benzene rings is 1. The van der Waals surface area contributed by atoms with Gasteiger partial charge in [0, 0.05) is 15.5 Å². The van der Waals surface area contributed by atoms with Crippen molar-refractivity contribution in [3.8, 4) is 11.3 Å². The third kappa shape index (κ3) is 2.86. The number of aryl methyl sites for hydroxylation is 1. The molecule has 0 unspecified atom stereocenters. The summed E-state index contributed by atoms with van der Waals surface area (Å²) in [7, 11) is 0. The van der Waals surface area contributed by atoms with E-state index in [4.69, 9.17) is 17.3 Å². The normalized spacial score (nSPS) is 10.8. The summed E-state index contributed by atoms with van der Waals surface area (Å²) in [6.45, 7) is 2.78. The molecule has 1 heterocycles. The Morgan fingerprint density at radius 2 is 2.00 bits per heavy atom. The summed E-state index contributed by atoms with van der Waals surface area (Å²) >= 11 is 7.65. The second-order valence-electron chi connectivity index (χ2n) is 3.78. The van der Waals surface area contributed by atoms with E-state index in [-0.39, 0.29) is 0 Å². The molecule has 17 heavy (non-hydrogen) atoms. The van der Waals surface area contributed by atoms with Crippen LogP contribution in [0.2, 0.25) is 5.02 Å². The van der Waals surface area contributed by atoms with Gasteiger partial charge in [0.05, 0.1) is 10.7 Å². The minimum absolute atomic E-state index is 0.659. The standard InChI is InChI=1S/C13H15ClN2S/c1-2-12-16-13(11(17-12)7-8-15)9-3-5-10(14)6-4-9/h3-6H,2,7-8,15H2,1H3. The monoisotopic (exact) mass is 266 g/mol. The average Bonchev–Trinajstić information content (AvgIpc) is 2.74. The molecule has 0 amide bonds. The molecule has 0 aliphatic heterocycles. The summed E-state index contributed by atoms with van der Waals surface area (Å²) < 4.78 is 0. The highest BCUT2D eigenvalue weighted by Crippen LogP contribution is 2.29. The van der Waals surface area contributed by atoms with E-state index in [1.54, 1.807) is 11.3 Å². The van der Waals surface area contributed by atoms with Crippen molar-refractivity contribution in [1.29, 1.82) is 0 Å². The van der Waals surface area contributed by atoms with Crippen molar-refractivity contribution in [2.24, 2.45) is 5.73 Å². The van der Waals surface area contributed by atoms with E-state index < -0.39 is 0 Å². The number of nitrogens with zero attached hydrogens (tertiary/aromatic N) is 1. The predicted octanol–water partition coefficient (Wildman–Crippen LogP) is 3.53. The first kappa shape index (κ1) is 12.6. The van der Waals surface area contributed by atoms with Crippen LogP contribution in [-0.4, -0.2) is 11.5 Å². The number of hydrogen-bond donors (Lipinski definition) is 1. The Hall–Kier alpha value is -0.900. The Bertz CT molecular complexity index is 491. The molecule has 0 bridgehead atoms. The molecule has 2 N–H and O–H groups in total. The molecule has 90 valence electrons. The van der Waals surface area contributed by atoms with Crippen LogP contribution >= 0.6 is 22.9 Å². The molecule has 0 spiro atoms. The number of halogens is 1. The van der Waals surface area contributed by atoms with Crippen LogP contribution in [0.25, 0.3) is 11.3 Å². The Kier molecular flexibility index (Phi) is 4.15. The van der Waals surface area contributed by atoms with E-state index in [9.17, 15) is 0 Å². The number of hydrogen-bond acceptors (Lipinski definition) is 3. The van der Waals surface area contributed by atoms with Gasteiger partial charge in [-0.25, -0.2) is 4.98 Å².